The Hall–Kier alpha value is -0.940. The van der Waals surface area contributed by atoms with Crippen molar-refractivity contribution < 1.29 is 14.4 Å². The lowest BCUT2D eigenvalue weighted by Crippen LogP contribution is -2.58. The van der Waals surface area contributed by atoms with E-state index in [0.717, 1.165) is 29.4 Å². The number of quaternary nitrogens is 1. The molecular weight excluding hydrogens is 336 g/mol. The highest BCUT2D eigenvalue weighted by Crippen LogP contribution is 2.40. The number of hydrogen-bond donors (Lipinski definition) is 1. The first-order chi connectivity index (χ1) is 12.4. The predicted octanol–water partition coefficient (Wildman–Crippen LogP) is 4.93. The van der Waals surface area contributed by atoms with Crippen LogP contribution in [0.25, 0.3) is 0 Å². The van der Waals surface area contributed by atoms with Gasteiger partial charge in [0.15, 0.2) is 0 Å². The van der Waals surface area contributed by atoms with E-state index in [1.54, 1.807) is 0 Å². The summed E-state index contributed by atoms with van der Waals surface area (Å²) < 4.78 is 0.898. The van der Waals surface area contributed by atoms with E-state index in [0.29, 0.717) is 0 Å². The Labute approximate surface area is 167 Å². The molecule has 0 saturated carbocycles. The Kier molecular flexibility index (Phi) is 8.49. The van der Waals surface area contributed by atoms with Crippen molar-refractivity contribution in [2.75, 3.05) is 27.7 Å². The van der Waals surface area contributed by atoms with E-state index in [2.05, 4.69) is 78.2 Å². The molecule has 1 saturated heterocycles. The summed E-state index contributed by atoms with van der Waals surface area (Å²) in [6.45, 7) is 13.9. The molecule has 2 rings (SSSR count). The van der Waals surface area contributed by atoms with Crippen molar-refractivity contribution >= 4 is 0 Å². The largest absolute Gasteiger partial charge is 0.393 e. The van der Waals surface area contributed by atoms with Crippen LogP contribution in [0.2, 0.25) is 0 Å². The standard InChI is InChI=1S/C21H37N2O2.C2H6/c1-20(2)13-8-14-21(3,4)22(20)25-19(16-24)18-11-9-17(10-12-18)15-23(5,6)7;1-2/h9-12,19,24H,8,13-16H2,1-7H3;1-2H3/q+1;. The summed E-state index contributed by atoms with van der Waals surface area (Å²) in [7, 11) is 6.57. The molecule has 27 heavy (non-hydrogen) atoms. The monoisotopic (exact) mass is 379 g/mol. The molecule has 0 aliphatic carbocycles. The molecule has 1 heterocycles. The van der Waals surface area contributed by atoms with Gasteiger partial charge in [0.05, 0.1) is 27.7 Å². The quantitative estimate of drug-likeness (QED) is 0.712. The van der Waals surface area contributed by atoms with E-state index < -0.39 is 0 Å². The lowest BCUT2D eigenvalue weighted by Gasteiger charge is -2.52. The molecule has 1 aliphatic heterocycles. The maximum Gasteiger partial charge on any atom is 0.127 e. The SMILES string of the molecule is CC.CC1(C)CCCC(C)(C)N1OC(CO)c1ccc(C[N+](C)(C)C)cc1. The Morgan fingerprint density at radius 3 is 1.89 bits per heavy atom. The van der Waals surface area contributed by atoms with Crippen LogP contribution in [0.15, 0.2) is 24.3 Å². The lowest BCUT2D eigenvalue weighted by atomic mass is 9.82. The molecule has 0 amide bonds. The number of benzene rings is 1. The number of hydroxylamine groups is 2. The molecule has 0 bridgehead atoms. The minimum absolute atomic E-state index is 0.0165. The molecular formula is C23H43N2O2+. The normalized spacial score (nSPS) is 20.5. The molecule has 1 aromatic carbocycles. The fraction of sp³-hybridized carbons (Fsp3) is 0.739. The molecule has 0 spiro atoms. The molecule has 1 unspecified atom stereocenters. The van der Waals surface area contributed by atoms with E-state index in [1.165, 1.54) is 12.0 Å². The fourth-order valence-electron chi connectivity index (χ4n) is 3.97. The highest BCUT2D eigenvalue weighted by Gasteiger charge is 2.43. The average molecular weight is 380 g/mol. The van der Waals surface area contributed by atoms with Crippen molar-refractivity contribution in [2.24, 2.45) is 0 Å². The van der Waals surface area contributed by atoms with E-state index in [-0.39, 0.29) is 23.8 Å². The highest BCUT2D eigenvalue weighted by molar-refractivity contribution is 5.24. The van der Waals surface area contributed by atoms with Gasteiger partial charge in [-0.15, -0.1) is 0 Å². The van der Waals surface area contributed by atoms with Gasteiger partial charge in [0.2, 0.25) is 0 Å². The van der Waals surface area contributed by atoms with Crippen LogP contribution in [0, 0.1) is 0 Å². The molecule has 4 nitrogen and oxygen atoms in total. The molecule has 1 atom stereocenters. The zero-order valence-corrected chi connectivity index (χ0v) is 19.2. The third kappa shape index (κ3) is 6.86. The minimum atomic E-state index is -0.324. The van der Waals surface area contributed by atoms with Crippen molar-refractivity contribution in [3.63, 3.8) is 0 Å². The molecule has 0 aromatic heterocycles. The molecule has 1 aliphatic rings. The Morgan fingerprint density at radius 2 is 1.48 bits per heavy atom. The maximum atomic E-state index is 9.95. The molecule has 0 radical (unpaired) electrons. The maximum absolute atomic E-state index is 9.95. The lowest BCUT2D eigenvalue weighted by molar-refractivity contribution is -0.884. The number of rotatable bonds is 6. The Morgan fingerprint density at radius 1 is 1.00 bits per heavy atom. The third-order valence-electron chi connectivity index (χ3n) is 5.08. The summed E-state index contributed by atoms with van der Waals surface area (Å²) in [4.78, 5) is 6.38. The Bertz CT molecular complexity index is 543. The number of nitrogens with zero attached hydrogens (tertiary/aromatic N) is 2. The third-order valence-corrected chi connectivity index (χ3v) is 5.08. The fourth-order valence-corrected chi connectivity index (χ4v) is 3.97. The van der Waals surface area contributed by atoms with Crippen LogP contribution in [0.5, 0.6) is 0 Å². The number of piperidine rings is 1. The Balaban J connectivity index is 0.00000176. The van der Waals surface area contributed by atoms with Gasteiger partial charge >= 0.3 is 0 Å². The van der Waals surface area contributed by atoms with Crippen molar-refractivity contribution in [3.05, 3.63) is 35.4 Å². The molecule has 1 fully saturated rings. The summed E-state index contributed by atoms with van der Waals surface area (Å²) in [5.41, 5.74) is 2.27. The van der Waals surface area contributed by atoms with E-state index in [4.69, 9.17) is 4.84 Å². The highest BCUT2D eigenvalue weighted by atomic mass is 16.7. The summed E-state index contributed by atoms with van der Waals surface area (Å²) in [6, 6.07) is 8.49. The summed E-state index contributed by atoms with van der Waals surface area (Å²) in [5, 5.41) is 12.1. The van der Waals surface area contributed by atoms with Gasteiger partial charge in [-0.3, -0.25) is 4.84 Å². The van der Waals surface area contributed by atoms with Crippen LogP contribution in [0.3, 0.4) is 0 Å². The van der Waals surface area contributed by atoms with Gasteiger partial charge in [-0.2, -0.15) is 5.06 Å². The van der Waals surface area contributed by atoms with Gasteiger partial charge in [-0.25, -0.2) is 0 Å². The summed E-state index contributed by atoms with van der Waals surface area (Å²) in [6.07, 6.45) is 3.10. The second-order valence-electron chi connectivity index (χ2n) is 9.74. The van der Waals surface area contributed by atoms with Crippen molar-refractivity contribution in [2.45, 2.75) is 84.5 Å². The van der Waals surface area contributed by atoms with Crippen LogP contribution in [-0.2, 0) is 11.4 Å². The van der Waals surface area contributed by atoms with Gasteiger partial charge in [0, 0.05) is 16.6 Å². The van der Waals surface area contributed by atoms with Crippen LogP contribution in [-0.4, -0.2) is 53.5 Å². The first-order valence-corrected chi connectivity index (χ1v) is 10.4. The topological polar surface area (TPSA) is 32.7 Å². The average Bonchev–Trinajstić information content (AvgIpc) is 2.55. The first kappa shape index (κ1) is 24.1. The first-order valence-electron chi connectivity index (χ1n) is 10.4. The minimum Gasteiger partial charge on any atom is -0.393 e. The molecule has 1 aromatic rings. The number of aliphatic hydroxyl groups is 1. The van der Waals surface area contributed by atoms with Crippen LogP contribution in [0.4, 0.5) is 0 Å². The van der Waals surface area contributed by atoms with Gasteiger partial charge in [-0.05, 0) is 52.5 Å². The van der Waals surface area contributed by atoms with E-state index >= 15 is 0 Å². The summed E-state index contributed by atoms with van der Waals surface area (Å²) >= 11 is 0. The van der Waals surface area contributed by atoms with Crippen LogP contribution in [0.1, 0.15) is 78.0 Å². The predicted molar refractivity (Wildman–Crippen MR) is 114 cm³/mol. The molecule has 156 valence electrons. The van der Waals surface area contributed by atoms with Crippen LogP contribution < -0.4 is 0 Å². The van der Waals surface area contributed by atoms with Gasteiger partial charge < -0.3 is 9.59 Å². The molecule has 1 N–H and O–H groups in total. The zero-order valence-electron chi connectivity index (χ0n) is 19.2. The smallest absolute Gasteiger partial charge is 0.127 e. The second-order valence-corrected chi connectivity index (χ2v) is 9.74. The van der Waals surface area contributed by atoms with E-state index in [1.807, 2.05) is 13.8 Å². The van der Waals surface area contributed by atoms with Gasteiger partial charge in [0.25, 0.3) is 0 Å². The second kappa shape index (κ2) is 9.51. The zero-order chi connectivity index (χ0) is 20.9. The van der Waals surface area contributed by atoms with Crippen molar-refractivity contribution in [3.8, 4) is 0 Å². The number of aliphatic hydroxyl groups excluding tert-OH is 1. The van der Waals surface area contributed by atoms with Crippen LogP contribution >= 0.6 is 0 Å². The molecule has 4 heteroatoms. The van der Waals surface area contributed by atoms with Gasteiger partial charge in [0.1, 0.15) is 12.6 Å². The van der Waals surface area contributed by atoms with Crippen molar-refractivity contribution in [1.82, 2.24) is 5.06 Å². The summed E-state index contributed by atoms with van der Waals surface area (Å²) in [5.74, 6) is 0. The van der Waals surface area contributed by atoms with E-state index in [9.17, 15) is 5.11 Å². The number of hydrogen-bond acceptors (Lipinski definition) is 3. The van der Waals surface area contributed by atoms with Crippen molar-refractivity contribution in [1.29, 1.82) is 0 Å². The van der Waals surface area contributed by atoms with Gasteiger partial charge in [-0.1, -0.05) is 38.1 Å².